The van der Waals surface area contributed by atoms with Gasteiger partial charge >= 0.3 is 0 Å². The Hall–Kier alpha value is -0.830. The minimum Gasteiger partial charge on any atom is -0.474 e. The van der Waals surface area contributed by atoms with Gasteiger partial charge in [0, 0.05) is 6.07 Å². The molecule has 0 fully saturated rings. The Bertz CT molecular complexity index is 235. The molecule has 0 spiro atoms. The van der Waals surface area contributed by atoms with Crippen LogP contribution in [0.3, 0.4) is 0 Å². The summed E-state index contributed by atoms with van der Waals surface area (Å²) >= 11 is 5.54. The topological polar surface area (TPSA) is 35.0 Å². The molecule has 0 saturated carbocycles. The van der Waals surface area contributed by atoms with Crippen LogP contribution in [0.4, 0.5) is 0 Å². The number of hydrogen-bond donors (Lipinski definition) is 0. The van der Waals surface area contributed by atoms with Crippen molar-refractivity contribution < 1.29 is 4.74 Å². The standard InChI is InChI=1S/C8H11ClN2O/c1-6(2)12-8-4-3-7(5-9)10-11-8/h3-4,6H,5H2,1-2H3. The molecule has 0 aliphatic carbocycles. The molecule has 4 heteroatoms. The van der Waals surface area contributed by atoms with Crippen molar-refractivity contribution in [3.8, 4) is 5.88 Å². The molecule has 3 nitrogen and oxygen atoms in total. The van der Waals surface area contributed by atoms with E-state index in [0.29, 0.717) is 11.8 Å². The lowest BCUT2D eigenvalue weighted by Gasteiger charge is -2.06. The molecule has 1 aromatic rings. The molecule has 0 atom stereocenters. The van der Waals surface area contributed by atoms with E-state index in [9.17, 15) is 0 Å². The molecule has 0 aromatic carbocycles. The second kappa shape index (κ2) is 4.26. The quantitative estimate of drug-likeness (QED) is 0.678. The summed E-state index contributed by atoms with van der Waals surface area (Å²) in [7, 11) is 0. The molecule has 0 aliphatic heterocycles. The van der Waals surface area contributed by atoms with Crippen LogP contribution < -0.4 is 4.74 Å². The van der Waals surface area contributed by atoms with Crippen molar-refractivity contribution in [1.29, 1.82) is 0 Å². The van der Waals surface area contributed by atoms with Crippen LogP contribution >= 0.6 is 11.6 Å². The smallest absolute Gasteiger partial charge is 0.233 e. The maximum atomic E-state index is 5.54. The molecule has 0 aliphatic rings. The van der Waals surface area contributed by atoms with Crippen molar-refractivity contribution in [2.24, 2.45) is 0 Å². The Balaban J connectivity index is 2.65. The molecule has 0 radical (unpaired) electrons. The van der Waals surface area contributed by atoms with Gasteiger partial charge in [-0.2, -0.15) is 5.10 Å². The monoisotopic (exact) mass is 186 g/mol. The van der Waals surface area contributed by atoms with E-state index in [1.807, 2.05) is 13.8 Å². The van der Waals surface area contributed by atoms with E-state index >= 15 is 0 Å². The van der Waals surface area contributed by atoms with E-state index in [4.69, 9.17) is 16.3 Å². The van der Waals surface area contributed by atoms with Crippen LogP contribution in [0.5, 0.6) is 5.88 Å². The van der Waals surface area contributed by atoms with Gasteiger partial charge in [-0.3, -0.25) is 0 Å². The van der Waals surface area contributed by atoms with Gasteiger partial charge in [0.1, 0.15) is 0 Å². The predicted molar refractivity (Wildman–Crippen MR) is 47.4 cm³/mol. The highest BCUT2D eigenvalue weighted by molar-refractivity contribution is 6.16. The summed E-state index contributed by atoms with van der Waals surface area (Å²) in [5.41, 5.74) is 0.757. The Morgan fingerprint density at radius 1 is 1.42 bits per heavy atom. The molecule has 1 rings (SSSR count). The molecule has 12 heavy (non-hydrogen) atoms. The van der Waals surface area contributed by atoms with Crippen molar-refractivity contribution in [3.05, 3.63) is 17.8 Å². The second-order valence-electron chi connectivity index (χ2n) is 2.66. The minimum atomic E-state index is 0.126. The van der Waals surface area contributed by atoms with Crippen molar-refractivity contribution in [1.82, 2.24) is 10.2 Å². The SMILES string of the molecule is CC(C)Oc1ccc(CCl)nn1. The largest absolute Gasteiger partial charge is 0.474 e. The zero-order valence-electron chi connectivity index (χ0n) is 7.12. The number of ether oxygens (including phenoxy) is 1. The third kappa shape index (κ3) is 2.66. The zero-order chi connectivity index (χ0) is 8.97. The molecular weight excluding hydrogens is 176 g/mol. The van der Waals surface area contributed by atoms with Gasteiger partial charge in [-0.05, 0) is 19.9 Å². The summed E-state index contributed by atoms with van der Waals surface area (Å²) in [5.74, 6) is 0.925. The molecule has 0 bridgehead atoms. The molecule has 0 saturated heterocycles. The molecule has 1 heterocycles. The number of aromatic nitrogens is 2. The average Bonchev–Trinajstić information content (AvgIpc) is 2.05. The van der Waals surface area contributed by atoms with Gasteiger partial charge in [0.05, 0.1) is 17.7 Å². The Morgan fingerprint density at radius 2 is 2.17 bits per heavy atom. The van der Waals surface area contributed by atoms with Gasteiger partial charge in [-0.1, -0.05) is 0 Å². The van der Waals surface area contributed by atoms with E-state index in [0.717, 1.165) is 5.69 Å². The first-order chi connectivity index (χ1) is 5.72. The number of nitrogens with zero attached hydrogens (tertiary/aromatic N) is 2. The number of alkyl halides is 1. The summed E-state index contributed by atoms with van der Waals surface area (Å²) < 4.78 is 5.30. The minimum absolute atomic E-state index is 0.126. The van der Waals surface area contributed by atoms with Gasteiger partial charge in [0.2, 0.25) is 5.88 Å². The normalized spacial score (nSPS) is 10.3. The van der Waals surface area contributed by atoms with Crippen LogP contribution in [0.25, 0.3) is 0 Å². The first-order valence-electron chi connectivity index (χ1n) is 3.77. The maximum Gasteiger partial charge on any atom is 0.233 e. The van der Waals surface area contributed by atoms with Gasteiger partial charge in [0.15, 0.2) is 0 Å². The highest BCUT2D eigenvalue weighted by atomic mass is 35.5. The molecule has 0 N–H and O–H groups in total. The van der Waals surface area contributed by atoms with Crippen molar-refractivity contribution >= 4 is 11.6 Å². The Morgan fingerprint density at radius 3 is 2.58 bits per heavy atom. The maximum absolute atomic E-state index is 5.54. The fourth-order valence-electron chi connectivity index (χ4n) is 0.723. The van der Waals surface area contributed by atoms with Gasteiger partial charge in [-0.15, -0.1) is 16.7 Å². The van der Waals surface area contributed by atoms with E-state index in [2.05, 4.69) is 10.2 Å². The first kappa shape index (κ1) is 9.26. The van der Waals surface area contributed by atoms with Crippen LogP contribution in [0.15, 0.2) is 12.1 Å². The summed E-state index contributed by atoms with van der Waals surface area (Å²) in [6.45, 7) is 3.88. The molecular formula is C8H11ClN2O. The van der Waals surface area contributed by atoms with E-state index in [1.165, 1.54) is 0 Å². The summed E-state index contributed by atoms with van der Waals surface area (Å²) in [6, 6.07) is 3.57. The van der Waals surface area contributed by atoms with Gasteiger partial charge < -0.3 is 4.74 Å². The molecule has 1 aromatic heterocycles. The summed E-state index contributed by atoms with van der Waals surface area (Å²) in [6.07, 6.45) is 0.126. The fourth-order valence-corrected chi connectivity index (χ4v) is 0.866. The third-order valence-corrected chi connectivity index (χ3v) is 1.46. The van der Waals surface area contributed by atoms with E-state index < -0.39 is 0 Å². The summed E-state index contributed by atoms with van der Waals surface area (Å²) in [5, 5.41) is 7.68. The van der Waals surface area contributed by atoms with Crippen molar-refractivity contribution in [2.45, 2.75) is 25.8 Å². The second-order valence-corrected chi connectivity index (χ2v) is 2.93. The molecule has 66 valence electrons. The van der Waals surface area contributed by atoms with E-state index in [-0.39, 0.29) is 6.10 Å². The Kier molecular flexibility index (Phi) is 3.29. The third-order valence-electron chi connectivity index (χ3n) is 1.19. The highest BCUT2D eigenvalue weighted by Crippen LogP contribution is 2.07. The summed E-state index contributed by atoms with van der Waals surface area (Å²) in [4.78, 5) is 0. The van der Waals surface area contributed by atoms with Crippen LogP contribution in [0.1, 0.15) is 19.5 Å². The number of halogens is 1. The Labute approximate surface area is 76.7 Å². The number of hydrogen-bond acceptors (Lipinski definition) is 3. The fraction of sp³-hybridized carbons (Fsp3) is 0.500. The van der Waals surface area contributed by atoms with Crippen LogP contribution in [-0.4, -0.2) is 16.3 Å². The van der Waals surface area contributed by atoms with Crippen LogP contribution in [0.2, 0.25) is 0 Å². The first-order valence-corrected chi connectivity index (χ1v) is 4.31. The van der Waals surface area contributed by atoms with Gasteiger partial charge in [-0.25, -0.2) is 0 Å². The zero-order valence-corrected chi connectivity index (χ0v) is 7.88. The van der Waals surface area contributed by atoms with Gasteiger partial charge in [0.25, 0.3) is 0 Å². The lowest BCUT2D eigenvalue weighted by atomic mass is 10.4. The predicted octanol–water partition coefficient (Wildman–Crippen LogP) is 2.00. The lowest BCUT2D eigenvalue weighted by molar-refractivity contribution is 0.229. The van der Waals surface area contributed by atoms with E-state index in [1.54, 1.807) is 12.1 Å². The average molecular weight is 187 g/mol. The van der Waals surface area contributed by atoms with Crippen LogP contribution in [-0.2, 0) is 5.88 Å². The van der Waals surface area contributed by atoms with Crippen molar-refractivity contribution in [3.63, 3.8) is 0 Å². The molecule has 0 unspecified atom stereocenters. The van der Waals surface area contributed by atoms with Crippen molar-refractivity contribution in [2.75, 3.05) is 0 Å². The molecule has 0 amide bonds. The lowest BCUT2D eigenvalue weighted by Crippen LogP contribution is -2.07. The van der Waals surface area contributed by atoms with Crippen LogP contribution in [0, 0.1) is 0 Å². The number of rotatable bonds is 3. The highest BCUT2D eigenvalue weighted by Gasteiger charge is 1.99.